The van der Waals surface area contributed by atoms with E-state index in [-0.39, 0.29) is 17.8 Å². The molecule has 2 aromatic heterocycles. The third kappa shape index (κ3) is 3.00. The van der Waals surface area contributed by atoms with Crippen LogP contribution in [0.5, 0.6) is 0 Å². The van der Waals surface area contributed by atoms with E-state index in [1.54, 1.807) is 14.0 Å². The Morgan fingerprint density at radius 2 is 2.00 bits per heavy atom. The van der Waals surface area contributed by atoms with Crippen LogP contribution in [0.3, 0.4) is 0 Å². The molecule has 140 valence electrons. The van der Waals surface area contributed by atoms with Gasteiger partial charge in [0.05, 0.1) is 18.8 Å². The van der Waals surface area contributed by atoms with Crippen LogP contribution in [0.4, 0.5) is 5.95 Å². The molecule has 0 atom stereocenters. The van der Waals surface area contributed by atoms with Gasteiger partial charge < -0.3 is 0 Å². The van der Waals surface area contributed by atoms with Crippen LogP contribution in [0.1, 0.15) is 34.1 Å². The van der Waals surface area contributed by atoms with Gasteiger partial charge in [0.25, 0.3) is 5.56 Å². The van der Waals surface area contributed by atoms with Crippen molar-refractivity contribution in [2.45, 2.75) is 47.2 Å². The fourth-order valence-electron chi connectivity index (χ4n) is 3.16. The summed E-state index contributed by atoms with van der Waals surface area (Å²) in [6.45, 7) is 13.3. The van der Waals surface area contributed by atoms with E-state index in [4.69, 9.17) is 0 Å². The molecule has 1 aliphatic rings. The summed E-state index contributed by atoms with van der Waals surface area (Å²) < 4.78 is 4.52. The Kier molecular flexibility index (Phi) is 4.60. The number of hydrogen-bond donors (Lipinski definition) is 0. The lowest BCUT2D eigenvalue weighted by molar-refractivity contribution is 0.564. The highest BCUT2D eigenvalue weighted by molar-refractivity contribution is 5.87. The molecule has 0 aromatic carbocycles. The summed E-state index contributed by atoms with van der Waals surface area (Å²) in [6.07, 6.45) is 0.957. The van der Waals surface area contributed by atoms with E-state index in [2.05, 4.69) is 30.5 Å². The Morgan fingerprint density at radius 1 is 1.31 bits per heavy atom. The summed E-state index contributed by atoms with van der Waals surface area (Å²) >= 11 is 0. The average Bonchev–Trinajstić information content (AvgIpc) is 2.93. The zero-order chi connectivity index (χ0) is 19.2. The van der Waals surface area contributed by atoms with Gasteiger partial charge in [-0.05, 0) is 26.2 Å². The fourth-order valence-corrected chi connectivity index (χ4v) is 3.16. The van der Waals surface area contributed by atoms with Crippen LogP contribution >= 0.6 is 0 Å². The number of hydrogen-bond acceptors (Lipinski definition) is 5. The molecule has 1 aliphatic heterocycles. The Bertz CT molecular complexity index is 1020. The third-order valence-electron chi connectivity index (χ3n) is 4.47. The summed E-state index contributed by atoms with van der Waals surface area (Å²) in [5.41, 5.74) is 1.77. The maximum Gasteiger partial charge on any atom is 0.332 e. The monoisotopic (exact) mass is 358 g/mol. The summed E-state index contributed by atoms with van der Waals surface area (Å²) in [6, 6.07) is 0. The maximum absolute atomic E-state index is 13.0. The normalized spacial score (nSPS) is 14.1. The first-order valence-electron chi connectivity index (χ1n) is 8.86. The third-order valence-corrected chi connectivity index (χ3v) is 4.47. The zero-order valence-corrected chi connectivity index (χ0v) is 16.1. The molecule has 0 aliphatic carbocycles. The molecule has 2 aromatic rings. The van der Waals surface area contributed by atoms with Gasteiger partial charge in [-0.1, -0.05) is 26.0 Å². The van der Waals surface area contributed by atoms with E-state index in [9.17, 15) is 9.59 Å². The minimum absolute atomic E-state index is 0.200. The molecule has 0 spiro atoms. The highest BCUT2D eigenvalue weighted by atomic mass is 16.2. The number of fused-ring (bicyclic) bond motifs is 3. The maximum atomic E-state index is 13.0. The van der Waals surface area contributed by atoms with Gasteiger partial charge in [0.2, 0.25) is 5.95 Å². The van der Waals surface area contributed by atoms with Crippen molar-refractivity contribution in [1.29, 1.82) is 0 Å². The lowest BCUT2D eigenvalue weighted by atomic mass is 10.1. The predicted molar refractivity (Wildman–Crippen MR) is 104 cm³/mol. The van der Waals surface area contributed by atoms with Crippen LogP contribution in [-0.4, -0.2) is 30.9 Å². The first-order valence-corrected chi connectivity index (χ1v) is 8.86. The molecule has 8 nitrogen and oxygen atoms in total. The van der Waals surface area contributed by atoms with Crippen molar-refractivity contribution in [2.75, 3.05) is 11.6 Å². The lowest BCUT2D eigenvalue weighted by Gasteiger charge is -2.25. The lowest BCUT2D eigenvalue weighted by Crippen LogP contribution is -2.40. The summed E-state index contributed by atoms with van der Waals surface area (Å²) in [4.78, 5) is 30.2. The Balaban J connectivity index is 2.24. The number of nitrogens with zero attached hydrogens (tertiary/aromatic N) is 6. The smallest absolute Gasteiger partial charge is 0.297 e. The molecule has 3 heterocycles. The van der Waals surface area contributed by atoms with Gasteiger partial charge in [-0.3, -0.25) is 18.5 Å². The number of rotatable bonds is 5. The molecular formula is C18H26N6O2. The molecule has 8 heteroatoms. The van der Waals surface area contributed by atoms with E-state index >= 15 is 0 Å². The summed E-state index contributed by atoms with van der Waals surface area (Å²) in [7, 11) is 1.64. The van der Waals surface area contributed by atoms with Gasteiger partial charge in [-0.15, -0.1) is 0 Å². The van der Waals surface area contributed by atoms with Crippen molar-refractivity contribution in [3.05, 3.63) is 33.0 Å². The van der Waals surface area contributed by atoms with Crippen molar-refractivity contribution in [2.24, 2.45) is 18.1 Å². The molecule has 0 fully saturated rings. The quantitative estimate of drug-likeness (QED) is 0.763. The number of aryl methyl sites for hydroxylation is 1. The second kappa shape index (κ2) is 6.59. The number of hydrazone groups is 1. The van der Waals surface area contributed by atoms with Crippen LogP contribution in [0.15, 0.2) is 26.8 Å². The predicted octanol–water partition coefficient (Wildman–Crippen LogP) is 1.71. The molecule has 0 saturated carbocycles. The zero-order valence-electron chi connectivity index (χ0n) is 16.1. The largest absolute Gasteiger partial charge is 0.332 e. The van der Waals surface area contributed by atoms with Gasteiger partial charge >= 0.3 is 5.69 Å². The second-order valence-corrected chi connectivity index (χ2v) is 7.50. The number of imidazole rings is 1. The summed E-state index contributed by atoms with van der Waals surface area (Å²) in [5.74, 6) is 1.15. The van der Waals surface area contributed by atoms with Crippen LogP contribution in [-0.2, 0) is 20.1 Å². The Morgan fingerprint density at radius 3 is 2.62 bits per heavy atom. The Hall–Kier alpha value is -2.64. The minimum atomic E-state index is -0.382. The molecule has 3 rings (SSSR count). The molecular weight excluding hydrogens is 332 g/mol. The molecule has 0 amide bonds. The van der Waals surface area contributed by atoms with E-state index in [1.807, 2.05) is 16.5 Å². The molecule has 0 bridgehead atoms. The second-order valence-electron chi connectivity index (χ2n) is 7.50. The molecule has 0 N–H and O–H groups in total. The number of anilines is 1. The number of allylic oxidation sites excluding steroid dienone is 1. The fraction of sp³-hybridized carbons (Fsp3) is 0.556. The van der Waals surface area contributed by atoms with Gasteiger partial charge in [-0.25, -0.2) is 9.80 Å². The standard InChI is InChI=1S/C18H26N6O2/c1-11(2)7-8-24-17-19-15-14(22(17)10-13(5)20-24)16(25)23(9-12(3)4)18(26)21(15)6/h11H,3,7-10H2,1-2,4-6H3. The van der Waals surface area contributed by atoms with Crippen LogP contribution in [0.2, 0.25) is 0 Å². The molecule has 26 heavy (non-hydrogen) atoms. The molecule has 0 unspecified atom stereocenters. The molecule has 0 radical (unpaired) electrons. The van der Waals surface area contributed by atoms with Gasteiger partial charge in [0, 0.05) is 13.6 Å². The van der Waals surface area contributed by atoms with E-state index in [0.29, 0.717) is 36.1 Å². The number of aromatic nitrogens is 4. The topological polar surface area (TPSA) is 77.4 Å². The van der Waals surface area contributed by atoms with E-state index in [0.717, 1.165) is 17.7 Å². The summed E-state index contributed by atoms with van der Waals surface area (Å²) in [5, 5.41) is 6.44. The van der Waals surface area contributed by atoms with Crippen molar-refractivity contribution in [1.82, 2.24) is 18.7 Å². The Labute approximate surface area is 152 Å². The van der Waals surface area contributed by atoms with E-state index in [1.165, 1.54) is 9.13 Å². The van der Waals surface area contributed by atoms with Crippen LogP contribution in [0.25, 0.3) is 11.2 Å². The molecule has 0 saturated heterocycles. The first kappa shape index (κ1) is 18.2. The van der Waals surface area contributed by atoms with E-state index < -0.39 is 0 Å². The van der Waals surface area contributed by atoms with Crippen molar-refractivity contribution in [3.8, 4) is 0 Å². The van der Waals surface area contributed by atoms with Crippen molar-refractivity contribution in [3.63, 3.8) is 0 Å². The van der Waals surface area contributed by atoms with Gasteiger partial charge in [-0.2, -0.15) is 10.1 Å². The highest BCUT2D eigenvalue weighted by Crippen LogP contribution is 2.24. The van der Waals surface area contributed by atoms with Crippen LogP contribution in [0, 0.1) is 5.92 Å². The van der Waals surface area contributed by atoms with Crippen molar-refractivity contribution < 1.29 is 0 Å². The average molecular weight is 358 g/mol. The highest BCUT2D eigenvalue weighted by Gasteiger charge is 2.26. The van der Waals surface area contributed by atoms with Crippen molar-refractivity contribution >= 4 is 22.8 Å². The minimum Gasteiger partial charge on any atom is -0.297 e. The van der Waals surface area contributed by atoms with Gasteiger partial charge in [0.15, 0.2) is 11.2 Å². The van der Waals surface area contributed by atoms with Crippen LogP contribution < -0.4 is 16.3 Å². The SMILES string of the molecule is C=C(C)Cn1c(=O)c2c(nc3n2CC(C)=NN3CCC(C)C)n(C)c1=O. The van der Waals surface area contributed by atoms with Gasteiger partial charge in [0.1, 0.15) is 0 Å². The first-order chi connectivity index (χ1) is 12.2.